The first-order valence-electron chi connectivity index (χ1n) is 12.1. The van der Waals surface area contributed by atoms with Gasteiger partial charge in [-0.3, -0.25) is 19.3 Å². The number of benzene rings is 2. The Morgan fingerprint density at radius 1 is 1.08 bits per heavy atom. The molecule has 37 heavy (non-hydrogen) atoms. The Kier molecular flexibility index (Phi) is 9.05. The quantitative estimate of drug-likeness (QED) is 0.353. The lowest BCUT2D eigenvalue weighted by Gasteiger charge is -2.31. The van der Waals surface area contributed by atoms with Crippen LogP contribution in [0.4, 0.5) is 4.79 Å². The van der Waals surface area contributed by atoms with Gasteiger partial charge in [0.25, 0.3) is 11.1 Å². The molecule has 0 atom stereocenters. The number of thioether (sulfide) groups is 1. The van der Waals surface area contributed by atoms with Crippen molar-refractivity contribution in [2.45, 2.75) is 33.3 Å². The normalized spacial score (nSPS) is 17.6. The Labute approximate surface area is 230 Å². The van der Waals surface area contributed by atoms with Crippen LogP contribution in [0.5, 0.6) is 11.5 Å². The van der Waals surface area contributed by atoms with Gasteiger partial charge in [0.15, 0.2) is 11.5 Å². The van der Waals surface area contributed by atoms with E-state index in [0.717, 1.165) is 35.1 Å². The van der Waals surface area contributed by atoms with Gasteiger partial charge >= 0.3 is 0 Å². The number of imide groups is 1. The summed E-state index contributed by atoms with van der Waals surface area (Å²) in [7, 11) is 0. The predicted molar refractivity (Wildman–Crippen MR) is 146 cm³/mol. The van der Waals surface area contributed by atoms with E-state index in [2.05, 4.69) is 6.92 Å². The topological polar surface area (TPSA) is 76.2 Å². The van der Waals surface area contributed by atoms with Gasteiger partial charge in [-0.25, -0.2) is 0 Å². The highest BCUT2D eigenvalue weighted by Gasteiger charge is 2.37. The van der Waals surface area contributed by atoms with Crippen LogP contribution in [-0.2, 0) is 16.2 Å². The molecule has 4 rings (SSSR count). The molecule has 2 aliphatic rings. The van der Waals surface area contributed by atoms with Crippen LogP contribution in [0.1, 0.15) is 37.8 Å². The molecule has 2 aliphatic heterocycles. The van der Waals surface area contributed by atoms with Gasteiger partial charge in [0.2, 0.25) is 5.91 Å². The molecule has 7 nitrogen and oxygen atoms in total. The number of nitrogens with zero attached hydrogens (tertiary/aromatic N) is 2. The van der Waals surface area contributed by atoms with Gasteiger partial charge in [-0.2, -0.15) is 0 Å². The summed E-state index contributed by atoms with van der Waals surface area (Å²) in [5, 5.41) is 0.606. The van der Waals surface area contributed by atoms with E-state index in [-0.39, 0.29) is 24.0 Å². The van der Waals surface area contributed by atoms with Crippen LogP contribution in [0.15, 0.2) is 41.3 Å². The van der Waals surface area contributed by atoms with Crippen molar-refractivity contribution in [1.82, 2.24) is 9.80 Å². The summed E-state index contributed by atoms with van der Waals surface area (Å²) in [5.74, 6) is 0.924. The maximum absolute atomic E-state index is 13.0. The Morgan fingerprint density at radius 3 is 2.54 bits per heavy atom. The summed E-state index contributed by atoms with van der Waals surface area (Å²) < 4.78 is 11.7. The minimum absolute atomic E-state index is 0.198. The fourth-order valence-electron chi connectivity index (χ4n) is 4.08. The number of carbonyl (C=O) groups is 3. The van der Waals surface area contributed by atoms with Crippen LogP contribution >= 0.6 is 35.0 Å². The fraction of sp³-hybridized carbons (Fsp3) is 0.370. The second kappa shape index (κ2) is 12.2. The first-order chi connectivity index (χ1) is 17.7. The van der Waals surface area contributed by atoms with E-state index in [1.54, 1.807) is 47.4 Å². The second-order valence-electron chi connectivity index (χ2n) is 8.99. The highest BCUT2D eigenvalue weighted by molar-refractivity contribution is 8.18. The summed E-state index contributed by atoms with van der Waals surface area (Å²) in [6.07, 6.45) is 3.49. The van der Waals surface area contributed by atoms with Crippen molar-refractivity contribution in [3.63, 3.8) is 0 Å². The number of ether oxygens (including phenoxy) is 2. The maximum Gasteiger partial charge on any atom is 0.294 e. The van der Waals surface area contributed by atoms with E-state index < -0.39 is 11.1 Å². The summed E-state index contributed by atoms with van der Waals surface area (Å²) in [4.78, 5) is 41.2. The summed E-state index contributed by atoms with van der Waals surface area (Å²) >= 11 is 13.0. The summed E-state index contributed by atoms with van der Waals surface area (Å²) in [6, 6.07) is 10.5. The molecule has 2 fully saturated rings. The van der Waals surface area contributed by atoms with Crippen LogP contribution in [-0.4, -0.2) is 53.1 Å². The first kappa shape index (κ1) is 27.4. The van der Waals surface area contributed by atoms with Crippen molar-refractivity contribution in [2.75, 3.05) is 26.2 Å². The van der Waals surface area contributed by atoms with Gasteiger partial charge in [0.05, 0.1) is 11.5 Å². The smallest absolute Gasteiger partial charge is 0.294 e. The number of carbonyl (C=O) groups excluding carboxylic acids is 3. The lowest BCUT2D eigenvalue weighted by molar-refractivity contribution is -0.136. The van der Waals surface area contributed by atoms with Gasteiger partial charge in [0.1, 0.15) is 13.2 Å². The molecule has 3 amide bonds. The van der Waals surface area contributed by atoms with Crippen LogP contribution in [0.2, 0.25) is 10.0 Å². The Balaban J connectivity index is 1.45. The van der Waals surface area contributed by atoms with Crippen molar-refractivity contribution in [2.24, 2.45) is 5.92 Å². The Bertz CT molecular complexity index is 1230. The number of hydrogen-bond acceptors (Lipinski definition) is 6. The largest absolute Gasteiger partial charge is 0.490 e. The van der Waals surface area contributed by atoms with Crippen LogP contribution in [0, 0.1) is 5.92 Å². The molecule has 0 radical (unpaired) electrons. The molecule has 0 N–H and O–H groups in total. The highest BCUT2D eigenvalue weighted by atomic mass is 35.5. The molecule has 2 aromatic rings. The van der Waals surface area contributed by atoms with Gasteiger partial charge in [-0.1, -0.05) is 42.3 Å². The predicted octanol–water partition coefficient (Wildman–Crippen LogP) is 6.27. The van der Waals surface area contributed by atoms with E-state index in [1.807, 2.05) is 6.92 Å². The first-order valence-corrected chi connectivity index (χ1v) is 13.7. The van der Waals surface area contributed by atoms with E-state index in [0.29, 0.717) is 52.7 Å². The average Bonchev–Trinajstić information content (AvgIpc) is 3.12. The van der Waals surface area contributed by atoms with Crippen LogP contribution < -0.4 is 9.47 Å². The molecule has 10 heteroatoms. The Hall–Kier alpha value is -2.68. The number of piperidine rings is 1. The third-order valence-electron chi connectivity index (χ3n) is 6.27. The minimum atomic E-state index is -0.468. The molecule has 0 aliphatic carbocycles. The molecule has 2 aromatic carbocycles. The molecular formula is C27H28Cl2N2O5S. The number of halogens is 2. The number of likely N-dealkylation sites (tertiary alicyclic amines) is 1. The third kappa shape index (κ3) is 6.80. The molecular weight excluding hydrogens is 535 g/mol. The lowest BCUT2D eigenvalue weighted by Crippen LogP contribution is -2.45. The van der Waals surface area contributed by atoms with Crippen molar-refractivity contribution in [3.05, 3.63) is 62.5 Å². The fourth-order valence-corrected chi connectivity index (χ4v) is 5.38. The van der Waals surface area contributed by atoms with Crippen molar-refractivity contribution in [1.29, 1.82) is 0 Å². The lowest BCUT2D eigenvalue weighted by atomic mass is 9.99. The summed E-state index contributed by atoms with van der Waals surface area (Å²) in [5.41, 5.74) is 1.45. The van der Waals surface area contributed by atoms with E-state index >= 15 is 0 Å². The molecule has 2 heterocycles. The van der Waals surface area contributed by atoms with Crippen molar-refractivity contribution >= 4 is 58.1 Å². The zero-order chi connectivity index (χ0) is 26.5. The summed E-state index contributed by atoms with van der Waals surface area (Å²) in [6.45, 7) is 5.73. The monoisotopic (exact) mass is 562 g/mol. The Morgan fingerprint density at radius 2 is 1.84 bits per heavy atom. The van der Waals surface area contributed by atoms with Crippen molar-refractivity contribution < 1.29 is 23.9 Å². The third-order valence-corrected chi connectivity index (χ3v) is 7.76. The number of amides is 3. The zero-order valence-electron chi connectivity index (χ0n) is 20.7. The van der Waals surface area contributed by atoms with Crippen LogP contribution in [0.3, 0.4) is 0 Å². The van der Waals surface area contributed by atoms with Gasteiger partial charge in [-0.05, 0) is 73.4 Å². The SMILES string of the molecule is CCOc1cc(/C=C2/SC(=O)N(CC(=O)N3CCC(C)CC3)C2=O)ccc1OCc1ccc(Cl)cc1Cl. The molecule has 0 saturated carbocycles. The van der Waals surface area contributed by atoms with E-state index in [9.17, 15) is 14.4 Å². The number of hydrogen-bond donors (Lipinski definition) is 0. The molecule has 196 valence electrons. The van der Waals surface area contributed by atoms with Gasteiger partial charge < -0.3 is 14.4 Å². The molecule has 0 unspecified atom stereocenters. The maximum atomic E-state index is 13.0. The molecule has 0 spiro atoms. The standard InChI is InChI=1S/C27H28Cl2N2O5S/c1-3-35-23-12-18(4-7-22(23)36-16-19-5-6-20(28)14-21(19)29)13-24-26(33)31(27(34)37-24)15-25(32)30-10-8-17(2)9-11-30/h4-7,12-14,17H,3,8-11,15-16H2,1-2H3/b24-13+. The second-order valence-corrected chi connectivity index (χ2v) is 10.8. The van der Waals surface area contributed by atoms with E-state index in [1.165, 1.54) is 0 Å². The minimum Gasteiger partial charge on any atom is -0.490 e. The van der Waals surface area contributed by atoms with Crippen molar-refractivity contribution in [3.8, 4) is 11.5 Å². The highest BCUT2D eigenvalue weighted by Crippen LogP contribution is 2.35. The molecule has 0 aromatic heterocycles. The molecule has 0 bridgehead atoms. The van der Waals surface area contributed by atoms with Crippen LogP contribution in [0.25, 0.3) is 6.08 Å². The molecule has 2 saturated heterocycles. The van der Waals surface area contributed by atoms with Gasteiger partial charge in [0, 0.05) is 28.7 Å². The number of rotatable bonds is 8. The van der Waals surface area contributed by atoms with E-state index in [4.69, 9.17) is 32.7 Å². The zero-order valence-corrected chi connectivity index (χ0v) is 23.0. The van der Waals surface area contributed by atoms with Gasteiger partial charge in [-0.15, -0.1) is 0 Å². The average molecular weight is 564 g/mol.